The maximum atomic E-state index is 12.6. The predicted octanol–water partition coefficient (Wildman–Crippen LogP) is 5.26. The fourth-order valence-electron chi connectivity index (χ4n) is 2.60. The van der Waals surface area contributed by atoms with Gasteiger partial charge in [0.15, 0.2) is 5.78 Å². The van der Waals surface area contributed by atoms with Gasteiger partial charge in [0.25, 0.3) is 0 Å². The lowest BCUT2D eigenvalue weighted by Crippen LogP contribution is -2.31. The van der Waals surface area contributed by atoms with E-state index >= 15 is 0 Å². The lowest BCUT2D eigenvalue weighted by molar-refractivity contribution is -0.118. The Balaban J connectivity index is 3.38. The Morgan fingerprint density at radius 2 is 1.44 bits per heavy atom. The molecular formula is C20H33O5PS. The van der Waals surface area contributed by atoms with Crippen LogP contribution in [0.15, 0.2) is 17.0 Å². The number of carbonyl (C=O) groups excluding carboxylic acids is 1. The van der Waals surface area contributed by atoms with Crippen molar-refractivity contribution in [2.45, 2.75) is 75.9 Å². The molecule has 0 bridgehead atoms. The average Bonchev–Trinajstić information content (AvgIpc) is 2.45. The Labute approximate surface area is 167 Å². The number of thioether (sulfide) groups is 1. The summed E-state index contributed by atoms with van der Waals surface area (Å²) in [5.74, 6) is -0.0781. The first kappa shape index (κ1) is 24.2. The summed E-state index contributed by atoms with van der Waals surface area (Å²) < 4.78 is 15.4. The first-order chi connectivity index (χ1) is 11.9. The smallest absolute Gasteiger partial charge is 0.335 e. The van der Waals surface area contributed by atoms with Crippen molar-refractivity contribution in [1.29, 1.82) is 0 Å². The van der Waals surface area contributed by atoms with Gasteiger partial charge in [0.1, 0.15) is 11.9 Å². The number of hydrogen-bond donors (Lipinski definition) is 2. The zero-order valence-electron chi connectivity index (χ0n) is 17.8. The number of ketones is 1. The minimum Gasteiger partial charge on any atom is -0.507 e. The van der Waals surface area contributed by atoms with Crippen LogP contribution in [0.1, 0.15) is 66.5 Å². The van der Waals surface area contributed by atoms with Crippen molar-refractivity contribution < 1.29 is 23.9 Å². The van der Waals surface area contributed by atoms with Crippen LogP contribution < -0.4 is 0 Å². The van der Waals surface area contributed by atoms with E-state index < -0.39 is 18.5 Å². The van der Waals surface area contributed by atoms with Crippen LogP contribution in [0.25, 0.3) is 0 Å². The van der Waals surface area contributed by atoms with Crippen LogP contribution in [-0.4, -0.2) is 33.8 Å². The topological polar surface area (TPSA) is 83.8 Å². The summed E-state index contributed by atoms with van der Waals surface area (Å²) in [6.45, 7) is 15.6. The third-order valence-electron chi connectivity index (χ3n) is 4.37. The predicted molar refractivity (Wildman–Crippen MR) is 112 cm³/mol. The Morgan fingerprint density at radius 1 is 1.04 bits per heavy atom. The molecule has 0 saturated carbocycles. The van der Waals surface area contributed by atoms with Crippen LogP contribution in [0.4, 0.5) is 0 Å². The molecule has 0 aliphatic heterocycles. The van der Waals surface area contributed by atoms with Crippen LogP contribution in [-0.2, 0) is 24.7 Å². The first-order valence-electron chi connectivity index (χ1n) is 8.88. The summed E-state index contributed by atoms with van der Waals surface area (Å²) in [6.07, 6.45) is -0.528. The first-order valence-corrected chi connectivity index (χ1v) is 11.5. The molecule has 1 aromatic rings. The number of rotatable bonds is 6. The highest BCUT2D eigenvalue weighted by molar-refractivity contribution is 8.01. The molecule has 154 valence electrons. The van der Waals surface area contributed by atoms with E-state index in [4.69, 9.17) is 0 Å². The highest BCUT2D eigenvalue weighted by Gasteiger charge is 2.36. The van der Waals surface area contributed by atoms with Gasteiger partial charge < -0.3 is 14.5 Å². The molecule has 1 aromatic carbocycles. The second kappa shape index (κ2) is 7.90. The molecule has 1 unspecified atom stereocenters. The number of phenolic OH excluding ortho intramolecular Hbond substituents is 1. The van der Waals surface area contributed by atoms with Gasteiger partial charge in [-0.25, -0.2) is 0 Å². The van der Waals surface area contributed by atoms with E-state index in [2.05, 4.69) is 4.52 Å². The Morgan fingerprint density at radius 3 is 1.78 bits per heavy atom. The summed E-state index contributed by atoms with van der Waals surface area (Å²) in [6, 6.07) is 3.80. The van der Waals surface area contributed by atoms with Crippen molar-refractivity contribution in [3.8, 4) is 5.75 Å². The maximum absolute atomic E-state index is 12.6. The van der Waals surface area contributed by atoms with Gasteiger partial charge in [-0.2, -0.15) is 0 Å². The van der Waals surface area contributed by atoms with E-state index in [1.54, 1.807) is 13.8 Å². The number of hydrogen-bond acceptors (Lipinski definition) is 5. The van der Waals surface area contributed by atoms with Crippen LogP contribution in [0, 0.1) is 0 Å². The molecule has 0 heterocycles. The summed E-state index contributed by atoms with van der Waals surface area (Å²) >= 11 is 1.33. The summed E-state index contributed by atoms with van der Waals surface area (Å²) in [5.41, 5.74) is 1.08. The fraction of sp³-hybridized carbons (Fsp3) is 0.650. The van der Waals surface area contributed by atoms with Gasteiger partial charge in [0.2, 0.25) is 0 Å². The van der Waals surface area contributed by atoms with Crippen molar-refractivity contribution in [1.82, 2.24) is 0 Å². The van der Waals surface area contributed by atoms with Crippen molar-refractivity contribution >= 4 is 25.1 Å². The second-order valence-electron chi connectivity index (χ2n) is 9.38. The quantitative estimate of drug-likeness (QED) is 0.486. The van der Waals surface area contributed by atoms with Crippen molar-refractivity contribution in [3.63, 3.8) is 0 Å². The SMILES string of the molecule is COP(=O)(O)CC(=O)C(C)(C)Sc1cc(C(C)(C)C)c(O)c(C(C)(C)C)c1. The zero-order chi connectivity index (χ0) is 21.4. The van der Waals surface area contributed by atoms with E-state index in [1.807, 2.05) is 53.7 Å². The molecule has 0 aliphatic carbocycles. The van der Waals surface area contributed by atoms with Gasteiger partial charge in [-0.15, -0.1) is 11.8 Å². The summed E-state index contributed by atoms with van der Waals surface area (Å²) in [4.78, 5) is 23.1. The van der Waals surface area contributed by atoms with Crippen LogP contribution in [0.3, 0.4) is 0 Å². The minimum atomic E-state index is -3.91. The van der Waals surface area contributed by atoms with Crippen molar-refractivity contribution in [3.05, 3.63) is 23.3 Å². The average molecular weight is 417 g/mol. The number of carbonyl (C=O) groups is 1. The van der Waals surface area contributed by atoms with Crippen LogP contribution >= 0.6 is 19.4 Å². The molecule has 0 amide bonds. The van der Waals surface area contributed by atoms with Crippen molar-refractivity contribution in [2.24, 2.45) is 0 Å². The van der Waals surface area contributed by atoms with Gasteiger partial charge in [-0.05, 0) is 36.8 Å². The molecule has 7 heteroatoms. The summed E-state index contributed by atoms with van der Waals surface area (Å²) in [5, 5.41) is 10.8. The van der Waals surface area contributed by atoms with Gasteiger partial charge in [0.05, 0.1) is 4.75 Å². The molecule has 0 aliphatic rings. The zero-order valence-corrected chi connectivity index (χ0v) is 19.5. The molecule has 1 rings (SSSR count). The van der Waals surface area contributed by atoms with Gasteiger partial charge in [-0.3, -0.25) is 9.36 Å². The molecule has 0 spiro atoms. The highest BCUT2D eigenvalue weighted by Crippen LogP contribution is 2.46. The second-order valence-corrected chi connectivity index (χ2v) is 13.0. The largest absolute Gasteiger partial charge is 0.507 e. The number of phenols is 1. The van der Waals surface area contributed by atoms with Crippen LogP contribution in [0.2, 0.25) is 0 Å². The maximum Gasteiger partial charge on any atom is 0.335 e. The molecule has 0 radical (unpaired) electrons. The number of aromatic hydroxyl groups is 1. The molecule has 2 N–H and O–H groups in total. The number of Topliss-reactive ketones (excluding diaryl/α,β-unsaturated/α-hetero) is 1. The van der Waals surface area contributed by atoms with Crippen molar-refractivity contribution in [2.75, 3.05) is 13.3 Å². The van der Waals surface area contributed by atoms with Gasteiger partial charge in [-0.1, -0.05) is 41.5 Å². The Hall–Kier alpha value is -0.810. The summed E-state index contributed by atoms with van der Waals surface area (Å²) in [7, 11) is -2.79. The van der Waals surface area contributed by atoms with E-state index in [0.717, 1.165) is 23.1 Å². The third kappa shape index (κ3) is 6.35. The molecule has 27 heavy (non-hydrogen) atoms. The fourth-order valence-corrected chi connectivity index (χ4v) is 4.72. The third-order valence-corrected chi connectivity index (χ3v) is 6.84. The van der Waals surface area contributed by atoms with Gasteiger partial charge in [0, 0.05) is 23.1 Å². The lowest BCUT2D eigenvalue weighted by Gasteiger charge is -2.30. The van der Waals surface area contributed by atoms with Gasteiger partial charge >= 0.3 is 7.60 Å². The van der Waals surface area contributed by atoms with E-state index in [1.165, 1.54) is 11.8 Å². The number of benzene rings is 1. The molecule has 0 aromatic heterocycles. The minimum absolute atomic E-state index is 0.272. The standard InChI is InChI=1S/C20H33O5PS/c1-18(2,3)14-10-13(11-15(17(14)22)19(4,5)6)27-20(7,8)16(21)12-26(23,24)25-9/h10-11,22H,12H2,1-9H3,(H,23,24). The van der Waals surface area contributed by atoms with E-state index in [9.17, 15) is 19.4 Å². The molecule has 0 fully saturated rings. The Kier molecular flexibility index (Phi) is 7.09. The molecule has 5 nitrogen and oxygen atoms in total. The Bertz CT molecular complexity index is 722. The van der Waals surface area contributed by atoms with E-state index in [0.29, 0.717) is 0 Å². The molecular weight excluding hydrogens is 383 g/mol. The molecule has 0 saturated heterocycles. The van der Waals surface area contributed by atoms with E-state index in [-0.39, 0.29) is 22.4 Å². The van der Waals surface area contributed by atoms with Crippen LogP contribution in [0.5, 0.6) is 5.75 Å². The normalized spacial score (nSPS) is 15.5. The lowest BCUT2D eigenvalue weighted by atomic mass is 9.79. The highest BCUT2D eigenvalue weighted by atomic mass is 32.2. The monoisotopic (exact) mass is 416 g/mol. The molecule has 1 atom stereocenters.